The summed E-state index contributed by atoms with van der Waals surface area (Å²) in [6, 6.07) is 18.8. The number of pyridine rings is 2. The van der Waals surface area contributed by atoms with E-state index in [4.69, 9.17) is 0 Å². The van der Waals surface area contributed by atoms with Gasteiger partial charge in [-0.1, -0.05) is 24.3 Å². The molecule has 16 heavy (non-hydrogen) atoms. The van der Waals surface area contributed by atoms with E-state index >= 15 is 0 Å². The average molecular weight is 205 g/mol. The van der Waals surface area contributed by atoms with Crippen molar-refractivity contribution in [3.05, 3.63) is 60.8 Å². The van der Waals surface area contributed by atoms with Crippen molar-refractivity contribution in [2.45, 2.75) is 0 Å². The molecule has 3 rings (SSSR count). The van der Waals surface area contributed by atoms with Crippen LogP contribution in [0.3, 0.4) is 0 Å². The monoisotopic (exact) mass is 205 g/mol. The zero-order valence-electron chi connectivity index (χ0n) is 8.59. The van der Waals surface area contributed by atoms with Gasteiger partial charge in [0.15, 0.2) is 0 Å². The molecule has 1 radical (unpaired) electrons. The lowest BCUT2D eigenvalue weighted by Crippen LogP contribution is -1.86. The molecule has 0 bridgehead atoms. The van der Waals surface area contributed by atoms with Gasteiger partial charge in [0.05, 0.1) is 16.7 Å². The van der Waals surface area contributed by atoms with Crippen molar-refractivity contribution in [1.82, 2.24) is 9.97 Å². The van der Waals surface area contributed by atoms with E-state index in [1.54, 1.807) is 6.20 Å². The zero-order chi connectivity index (χ0) is 10.8. The maximum absolute atomic E-state index is 4.55. The number of rotatable bonds is 1. The Balaban J connectivity index is 2.19. The van der Waals surface area contributed by atoms with E-state index in [2.05, 4.69) is 16.0 Å². The number of hydrogen-bond donors (Lipinski definition) is 0. The van der Waals surface area contributed by atoms with Crippen LogP contribution in [0.25, 0.3) is 22.3 Å². The Morgan fingerprint density at radius 3 is 2.75 bits per heavy atom. The first-order valence-corrected chi connectivity index (χ1v) is 5.12. The molecule has 2 heterocycles. The van der Waals surface area contributed by atoms with Crippen molar-refractivity contribution in [2.75, 3.05) is 0 Å². The highest BCUT2D eigenvalue weighted by atomic mass is 14.8. The van der Waals surface area contributed by atoms with Crippen molar-refractivity contribution >= 4 is 11.0 Å². The summed E-state index contributed by atoms with van der Waals surface area (Å²) >= 11 is 0. The number of aromatic nitrogens is 2. The molecule has 0 atom stereocenters. The van der Waals surface area contributed by atoms with Gasteiger partial charge in [0.2, 0.25) is 0 Å². The minimum atomic E-state index is 0.914. The molecule has 0 unspecified atom stereocenters. The van der Waals surface area contributed by atoms with Crippen LogP contribution < -0.4 is 0 Å². The first-order chi connectivity index (χ1) is 7.93. The third-order valence-corrected chi connectivity index (χ3v) is 2.44. The van der Waals surface area contributed by atoms with Crippen molar-refractivity contribution in [2.24, 2.45) is 0 Å². The van der Waals surface area contributed by atoms with Gasteiger partial charge < -0.3 is 0 Å². The fraction of sp³-hybridized carbons (Fsp3) is 0. The molecule has 0 saturated carbocycles. The summed E-state index contributed by atoms with van der Waals surface area (Å²) in [5.41, 5.74) is 3.77. The Hall–Kier alpha value is -2.22. The highest BCUT2D eigenvalue weighted by Gasteiger charge is 2.00. The van der Waals surface area contributed by atoms with Gasteiger partial charge in [0, 0.05) is 11.8 Å². The van der Waals surface area contributed by atoms with E-state index in [1.807, 2.05) is 48.5 Å². The minimum absolute atomic E-state index is 0.914. The molecule has 2 heteroatoms. The molecule has 0 aliphatic heterocycles. The van der Waals surface area contributed by atoms with Gasteiger partial charge in [-0.3, -0.25) is 4.98 Å². The van der Waals surface area contributed by atoms with Gasteiger partial charge in [-0.05, 0) is 30.3 Å². The van der Waals surface area contributed by atoms with Gasteiger partial charge >= 0.3 is 0 Å². The largest absolute Gasteiger partial charge is 0.255 e. The van der Waals surface area contributed by atoms with Crippen LogP contribution in [-0.4, -0.2) is 9.97 Å². The van der Waals surface area contributed by atoms with Gasteiger partial charge in [-0.15, -0.1) is 0 Å². The quantitative estimate of drug-likeness (QED) is 0.610. The molecule has 2 nitrogen and oxygen atoms in total. The first kappa shape index (κ1) is 9.04. The Morgan fingerprint density at radius 2 is 1.88 bits per heavy atom. The second-order valence-electron chi connectivity index (χ2n) is 3.51. The number of nitrogens with zero attached hydrogens (tertiary/aromatic N) is 2. The van der Waals surface area contributed by atoms with E-state index in [0.29, 0.717) is 0 Å². The van der Waals surface area contributed by atoms with Crippen molar-refractivity contribution in [1.29, 1.82) is 0 Å². The first-order valence-electron chi connectivity index (χ1n) is 5.12. The molecule has 0 aliphatic carbocycles. The van der Waals surface area contributed by atoms with Crippen LogP contribution in [0.4, 0.5) is 0 Å². The van der Waals surface area contributed by atoms with Gasteiger partial charge in [-0.25, -0.2) is 4.98 Å². The fourth-order valence-corrected chi connectivity index (χ4v) is 1.66. The molecule has 0 aliphatic rings. The highest BCUT2D eigenvalue weighted by molar-refractivity contribution is 5.77. The standard InChI is InChI=1S/C14H9N2/c1-2-5-11(6-3-1)12-8-9-13-14(16-12)7-4-10-15-13/h1-5,7-10H. The van der Waals surface area contributed by atoms with Crippen LogP contribution in [0.5, 0.6) is 0 Å². The predicted octanol–water partition coefficient (Wildman–Crippen LogP) is 3.10. The van der Waals surface area contributed by atoms with E-state index in [0.717, 1.165) is 22.3 Å². The van der Waals surface area contributed by atoms with E-state index in [-0.39, 0.29) is 0 Å². The molecule has 1 aromatic carbocycles. The van der Waals surface area contributed by atoms with Crippen LogP contribution in [-0.2, 0) is 0 Å². The summed E-state index contributed by atoms with van der Waals surface area (Å²) in [7, 11) is 0. The Bertz CT molecular complexity index is 618. The SMILES string of the molecule is [c]1ccccc1-c1ccc2ncccc2n1. The summed E-state index contributed by atoms with van der Waals surface area (Å²) in [4.78, 5) is 8.79. The number of hydrogen-bond acceptors (Lipinski definition) is 2. The Labute approximate surface area is 93.6 Å². The number of fused-ring (bicyclic) bond motifs is 1. The normalized spacial score (nSPS) is 10.5. The van der Waals surface area contributed by atoms with Gasteiger partial charge in [0.25, 0.3) is 0 Å². The lowest BCUT2D eigenvalue weighted by atomic mass is 10.1. The third kappa shape index (κ3) is 1.54. The van der Waals surface area contributed by atoms with Crippen LogP contribution in [0.1, 0.15) is 0 Å². The number of benzene rings is 1. The molecule has 0 amide bonds. The van der Waals surface area contributed by atoms with E-state index < -0.39 is 0 Å². The highest BCUT2D eigenvalue weighted by Crippen LogP contribution is 2.18. The molecule has 3 aromatic rings. The lowest BCUT2D eigenvalue weighted by Gasteiger charge is -2.01. The van der Waals surface area contributed by atoms with Crippen LogP contribution >= 0.6 is 0 Å². The van der Waals surface area contributed by atoms with Gasteiger partial charge in [-0.2, -0.15) is 0 Å². The summed E-state index contributed by atoms with van der Waals surface area (Å²) in [5.74, 6) is 0. The summed E-state index contributed by atoms with van der Waals surface area (Å²) in [5, 5.41) is 0. The third-order valence-electron chi connectivity index (χ3n) is 2.44. The predicted molar refractivity (Wildman–Crippen MR) is 63.8 cm³/mol. The van der Waals surface area contributed by atoms with E-state index in [1.165, 1.54) is 0 Å². The summed E-state index contributed by atoms with van der Waals surface area (Å²) in [6.45, 7) is 0. The van der Waals surface area contributed by atoms with Crippen LogP contribution in [0.2, 0.25) is 0 Å². The Kier molecular flexibility index (Phi) is 2.11. The van der Waals surface area contributed by atoms with Crippen LogP contribution in [0, 0.1) is 6.07 Å². The van der Waals surface area contributed by atoms with Gasteiger partial charge in [0.1, 0.15) is 0 Å². The maximum Gasteiger partial charge on any atom is 0.0894 e. The molecule has 0 spiro atoms. The smallest absolute Gasteiger partial charge is 0.0894 e. The second-order valence-corrected chi connectivity index (χ2v) is 3.51. The summed E-state index contributed by atoms with van der Waals surface area (Å²) < 4.78 is 0. The molecule has 0 fully saturated rings. The molecule has 0 saturated heterocycles. The topological polar surface area (TPSA) is 25.8 Å². The zero-order valence-corrected chi connectivity index (χ0v) is 8.59. The maximum atomic E-state index is 4.55. The molecular formula is C14H9N2. The summed E-state index contributed by atoms with van der Waals surface area (Å²) in [6.07, 6.45) is 1.78. The molecule has 0 N–H and O–H groups in total. The molecule has 75 valence electrons. The van der Waals surface area contributed by atoms with Crippen molar-refractivity contribution in [3.8, 4) is 11.3 Å². The van der Waals surface area contributed by atoms with Crippen molar-refractivity contribution in [3.63, 3.8) is 0 Å². The minimum Gasteiger partial charge on any atom is -0.255 e. The van der Waals surface area contributed by atoms with Crippen LogP contribution in [0.15, 0.2) is 54.7 Å². The van der Waals surface area contributed by atoms with Crippen molar-refractivity contribution < 1.29 is 0 Å². The molecular weight excluding hydrogens is 196 g/mol. The molecule has 2 aromatic heterocycles. The second kappa shape index (κ2) is 3.74. The Morgan fingerprint density at radius 1 is 0.875 bits per heavy atom. The fourth-order valence-electron chi connectivity index (χ4n) is 1.66. The average Bonchev–Trinajstić information content (AvgIpc) is 2.39. The lowest BCUT2D eigenvalue weighted by molar-refractivity contribution is 1.33. The van der Waals surface area contributed by atoms with E-state index in [9.17, 15) is 0 Å².